The average Bonchev–Trinajstić information content (AvgIpc) is 2.29. The van der Waals surface area contributed by atoms with Gasteiger partial charge in [-0.15, -0.1) is 0 Å². The van der Waals surface area contributed by atoms with Gasteiger partial charge in [0.05, 0.1) is 5.57 Å². The lowest BCUT2D eigenvalue weighted by Crippen LogP contribution is -2.24. The minimum atomic E-state index is -1.97. The second-order valence-corrected chi connectivity index (χ2v) is 3.79. The van der Waals surface area contributed by atoms with Crippen molar-refractivity contribution in [2.45, 2.75) is 6.42 Å². The monoisotopic (exact) mass is 184 g/mol. The third-order valence-electron chi connectivity index (χ3n) is 1.76. The maximum absolute atomic E-state index is 11.1. The van der Waals surface area contributed by atoms with Gasteiger partial charge in [-0.05, 0) is 6.08 Å². The van der Waals surface area contributed by atoms with Crippen LogP contribution in [-0.4, -0.2) is 16.2 Å². The predicted octanol–water partition coefficient (Wildman–Crippen LogP) is -0.705. The van der Waals surface area contributed by atoms with Gasteiger partial charge in [0.25, 0.3) is 5.91 Å². The minimum absolute atomic E-state index is 0.164. The number of nitrogens with one attached hydrogen (secondary N) is 1. The molecule has 12 heavy (non-hydrogen) atoms. The summed E-state index contributed by atoms with van der Waals surface area (Å²) in [5.74, 6) is -0.623. The lowest BCUT2D eigenvalue weighted by atomic mass is 10.1. The number of amides is 1. The van der Waals surface area contributed by atoms with E-state index in [4.69, 9.17) is 0 Å². The van der Waals surface area contributed by atoms with Gasteiger partial charge in [-0.3, -0.25) is 9.59 Å². The summed E-state index contributed by atoms with van der Waals surface area (Å²) in [6.07, 6.45) is 3.40. The number of thiol groups is 1. The quantitative estimate of drug-likeness (QED) is 0.399. The second kappa shape index (κ2) is 2.46. The Bertz CT molecular complexity index is 332. The molecule has 0 saturated carbocycles. The van der Waals surface area contributed by atoms with Crippen LogP contribution in [0.1, 0.15) is 6.42 Å². The molecule has 0 aromatic heterocycles. The van der Waals surface area contributed by atoms with E-state index in [1.165, 1.54) is 0 Å². The van der Waals surface area contributed by atoms with Crippen molar-refractivity contribution in [2.75, 3.05) is 0 Å². The van der Waals surface area contributed by atoms with Crippen LogP contribution in [0.3, 0.4) is 0 Å². The molecule has 0 bridgehead atoms. The highest BCUT2D eigenvalue weighted by atomic mass is 32.2. The summed E-state index contributed by atoms with van der Waals surface area (Å²) in [6, 6.07) is 0. The first-order valence-corrected chi connectivity index (χ1v) is 4.68. The molecule has 0 fully saturated rings. The molecule has 4 nitrogen and oxygen atoms in total. The van der Waals surface area contributed by atoms with Crippen molar-refractivity contribution in [1.82, 2.24) is 4.72 Å². The van der Waals surface area contributed by atoms with Crippen LogP contribution in [0, 0.1) is 0 Å². The Labute approximate surface area is 71.6 Å². The summed E-state index contributed by atoms with van der Waals surface area (Å²) in [7, 11) is 0. The fourth-order valence-electron chi connectivity index (χ4n) is 1.22. The molecule has 1 aliphatic heterocycles. The number of allylic oxidation sites excluding steroid dienone is 2. The van der Waals surface area contributed by atoms with E-state index in [2.05, 4.69) is 4.72 Å². The van der Waals surface area contributed by atoms with Gasteiger partial charge in [0.1, 0.15) is 0 Å². The molecule has 1 amide bonds. The molecule has 0 aromatic carbocycles. The van der Waals surface area contributed by atoms with E-state index < -0.39 is 17.3 Å². The number of rotatable bonds is 0. The number of Topliss-reactive ketones (excluding diaryl/α,β-unsaturated/α-hetero) is 1. The van der Waals surface area contributed by atoms with Crippen LogP contribution in [0.25, 0.3) is 0 Å². The fourth-order valence-corrected chi connectivity index (χ4v) is 2.35. The summed E-state index contributed by atoms with van der Waals surface area (Å²) in [4.78, 5) is 22.3. The van der Waals surface area contributed by atoms with Crippen molar-refractivity contribution >= 4 is 23.1 Å². The van der Waals surface area contributed by atoms with Crippen molar-refractivity contribution in [1.29, 1.82) is 0 Å². The first-order chi connectivity index (χ1) is 5.70. The lowest BCUT2D eigenvalue weighted by Gasteiger charge is -2.11. The molecule has 63 valence electrons. The highest BCUT2D eigenvalue weighted by molar-refractivity contribution is 7.95. The summed E-state index contributed by atoms with van der Waals surface area (Å²) < 4.78 is 13.3. The Morgan fingerprint density at radius 2 is 2.25 bits per heavy atom. The SMILES string of the molecule is O=C1CC=CC2=C1[SH+]([O-])NC2=O. The zero-order valence-corrected chi connectivity index (χ0v) is 6.93. The van der Waals surface area contributed by atoms with E-state index in [1.807, 2.05) is 0 Å². The topological polar surface area (TPSA) is 69.2 Å². The average molecular weight is 184 g/mol. The second-order valence-electron chi connectivity index (χ2n) is 2.53. The highest BCUT2D eigenvalue weighted by Crippen LogP contribution is 2.25. The maximum atomic E-state index is 11.1. The van der Waals surface area contributed by atoms with E-state index >= 15 is 0 Å². The van der Waals surface area contributed by atoms with E-state index in [9.17, 15) is 14.1 Å². The summed E-state index contributed by atoms with van der Waals surface area (Å²) in [5, 5.41) is 0. The van der Waals surface area contributed by atoms with Crippen molar-refractivity contribution in [3.63, 3.8) is 0 Å². The van der Waals surface area contributed by atoms with Crippen LogP contribution < -0.4 is 4.72 Å². The molecular weight excluding hydrogens is 178 g/mol. The molecule has 0 aromatic rings. The standard InChI is InChI=1S/C7H6NO3S/c9-5-3-1-2-4-6(5)12(11)8-7(4)10/h1-2,12H,3H2,(H,8,10). The number of hydrogen-bond acceptors (Lipinski definition) is 3. The molecule has 0 saturated heterocycles. The highest BCUT2D eigenvalue weighted by Gasteiger charge is 2.35. The first-order valence-electron chi connectivity index (χ1n) is 3.42. The van der Waals surface area contributed by atoms with Crippen molar-refractivity contribution in [3.8, 4) is 0 Å². The Balaban J connectivity index is 2.52. The van der Waals surface area contributed by atoms with Crippen molar-refractivity contribution in [3.05, 3.63) is 22.6 Å². The zero-order valence-electron chi connectivity index (χ0n) is 6.03. The summed E-state index contributed by atoms with van der Waals surface area (Å²) >= 11 is -1.97. The molecule has 5 heteroatoms. The fraction of sp³-hybridized carbons (Fsp3) is 0.143. The Morgan fingerprint density at radius 1 is 1.50 bits per heavy atom. The third-order valence-corrected chi connectivity index (χ3v) is 3.06. The molecule has 1 N–H and O–H groups in total. The number of ketones is 1. The van der Waals surface area contributed by atoms with E-state index in [0.717, 1.165) is 0 Å². The van der Waals surface area contributed by atoms with Crippen LogP contribution in [0.2, 0.25) is 0 Å². The van der Waals surface area contributed by atoms with Gasteiger partial charge in [-0.2, -0.15) is 0 Å². The van der Waals surface area contributed by atoms with Gasteiger partial charge in [-0.1, -0.05) is 17.4 Å². The number of carbonyl (C=O) groups is 2. The maximum Gasteiger partial charge on any atom is 0.293 e. The van der Waals surface area contributed by atoms with Gasteiger partial charge >= 0.3 is 0 Å². The largest absolute Gasteiger partial charge is 0.629 e. The third kappa shape index (κ3) is 0.904. The Morgan fingerprint density at radius 3 is 2.92 bits per heavy atom. The van der Waals surface area contributed by atoms with Crippen molar-refractivity contribution in [2.24, 2.45) is 0 Å². The molecule has 1 radical (unpaired) electrons. The van der Waals surface area contributed by atoms with Crippen LogP contribution in [0.4, 0.5) is 0 Å². The van der Waals surface area contributed by atoms with Crippen LogP contribution in [0.15, 0.2) is 22.6 Å². The summed E-state index contributed by atoms with van der Waals surface area (Å²) in [5.41, 5.74) is 0.271. The van der Waals surface area contributed by atoms with Gasteiger partial charge in [0, 0.05) is 6.42 Å². The Hall–Kier alpha value is -1.07. The zero-order chi connectivity index (χ0) is 8.72. The van der Waals surface area contributed by atoms with Crippen LogP contribution >= 0.6 is 0 Å². The predicted molar refractivity (Wildman–Crippen MR) is 43.5 cm³/mol. The normalized spacial score (nSPS) is 27.6. The molecule has 1 atom stereocenters. The number of carbonyl (C=O) groups excluding carboxylic acids is 2. The van der Waals surface area contributed by atoms with Gasteiger partial charge in [0.2, 0.25) is 5.78 Å². The Kier molecular flexibility index (Phi) is 1.55. The molecule has 1 aliphatic carbocycles. The molecule has 2 rings (SSSR count). The molecular formula is C7H6NO3S. The molecule has 1 heterocycles. The van der Waals surface area contributed by atoms with E-state index in [0.29, 0.717) is 0 Å². The van der Waals surface area contributed by atoms with Crippen LogP contribution in [-0.2, 0) is 21.0 Å². The number of hydrogen-bond donors (Lipinski definition) is 1. The van der Waals surface area contributed by atoms with Gasteiger partial charge in [-0.25, -0.2) is 4.72 Å². The summed E-state index contributed by atoms with van der Waals surface area (Å²) in [6.45, 7) is 0. The minimum Gasteiger partial charge on any atom is -0.629 e. The molecule has 0 spiro atoms. The van der Waals surface area contributed by atoms with Crippen LogP contribution in [0.5, 0.6) is 0 Å². The smallest absolute Gasteiger partial charge is 0.293 e. The first kappa shape index (κ1) is 7.57. The lowest BCUT2D eigenvalue weighted by molar-refractivity contribution is -0.116. The van der Waals surface area contributed by atoms with Gasteiger partial charge in [0.15, 0.2) is 4.91 Å². The van der Waals surface area contributed by atoms with E-state index in [1.54, 1.807) is 12.2 Å². The van der Waals surface area contributed by atoms with E-state index in [-0.39, 0.29) is 22.7 Å². The molecule has 2 aliphatic rings. The van der Waals surface area contributed by atoms with Crippen molar-refractivity contribution < 1.29 is 14.1 Å². The van der Waals surface area contributed by atoms with Gasteiger partial charge < -0.3 is 4.55 Å². The molecule has 1 unspecified atom stereocenters.